The fourth-order valence-corrected chi connectivity index (χ4v) is 3.06. The van der Waals surface area contributed by atoms with Gasteiger partial charge in [-0.3, -0.25) is 4.79 Å². The number of hydrogen-bond donors (Lipinski definition) is 0. The van der Waals surface area contributed by atoms with Crippen LogP contribution in [0.4, 0.5) is 0 Å². The third-order valence-corrected chi connectivity index (χ3v) is 3.74. The Bertz CT molecular complexity index is 183. The number of carbonyl (C=O) groups is 1. The minimum absolute atomic E-state index is 0.172. The molecule has 0 amide bonds. The summed E-state index contributed by atoms with van der Waals surface area (Å²) in [5, 5.41) is 0. The third-order valence-electron chi connectivity index (χ3n) is 2.66. The fourth-order valence-electron chi connectivity index (χ4n) is 1.97. The highest BCUT2D eigenvalue weighted by Crippen LogP contribution is 2.33. The first-order valence-corrected chi connectivity index (χ1v) is 7.43. The fraction of sp³-hybridized carbons (Fsp3) is 0.923. The number of carbonyl (C=O) groups excluding carboxylic acids is 1. The summed E-state index contributed by atoms with van der Waals surface area (Å²) in [6.45, 7) is 15.2. The van der Waals surface area contributed by atoms with E-state index in [2.05, 4.69) is 39.8 Å². The molecule has 3 heteroatoms. The van der Waals surface area contributed by atoms with Crippen molar-refractivity contribution >= 4 is 28.6 Å². The lowest BCUT2D eigenvalue weighted by molar-refractivity contribution is -0.120. The van der Waals surface area contributed by atoms with Crippen LogP contribution in [0.5, 0.6) is 0 Å². The van der Waals surface area contributed by atoms with Crippen molar-refractivity contribution in [3.63, 3.8) is 0 Å². The molecule has 1 aliphatic rings. The van der Waals surface area contributed by atoms with Gasteiger partial charge in [0.25, 0.3) is 0 Å². The van der Waals surface area contributed by atoms with E-state index < -0.39 is 0 Å². The second-order valence-corrected chi connectivity index (χ2v) is 5.11. The van der Waals surface area contributed by atoms with Gasteiger partial charge in [0.1, 0.15) is 5.78 Å². The molecule has 2 nitrogen and oxygen atoms in total. The van der Waals surface area contributed by atoms with Crippen LogP contribution in [-0.2, 0) is 4.79 Å². The molecule has 2 atom stereocenters. The summed E-state index contributed by atoms with van der Waals surface area (Å²) in [5.74, 6) is 1.51. The van der Waals surface area contributed by atoms with Crippen LogP contribution in [0, 0.1) is 11.8 Å². The Labute approximate surface area is 116 Å². The van der Waals surface area contributed by atoms with E-state index >= 15 is 0 Å². The number of nitrogens with zero attached hydrogens (tertiary/aromatic N) is 1. The highest BCUT2D eigenvalue weighted by Gasteiger charge is 2.37. The van der Waals surface area contributed by atoms with E-state index in [1.165, 1.54) is 6.42 Å². The van der Waals surface area contributed by atoms with Gasteiger partial charge in [0, 0.05) is 29.4 Å². The Balaban J connectivity index is 0. The van der Waals surface area contributed by atoms with Gasteiger partial charge in [-0.15, -0.1) is 0 Å². The van der Waals surface area contributed by atoms with Gasteiger partial charge >= 0.3 is 0 Å². The lowest BCUT2D eigenvalue weighted by atomic mass is 9.87. The molecular weight excluding hydrogens is 313 g/mol. The number of hydrogen-bond acceptors (Lipinski definition) is 2. The third kappa shape index (κ3) is 5.62. The summed E-state index contributed by atoms with van der Waals surface area (Å²) in [6, 6.07) is 0.172. The SMILES string of the molecule is CC.CC.CC(=O)C1C(C(C)C)CCN1I. The molecule has 98 valence electrons. The molecule has 0 saturated carbocycles. The van der Waals surface area contributed by atoms with E-state index in [4.69, 9.17) is 0 Å². The molecule has 0 spiro atoms. The molecule has 0 N–H and O–H groups in total. The van der Waals surface area contributed by atoms with Gasteiger partial charge in [-0.2, -0.15) is 0 Å². The van der Waals surface area contributed by atoms with Gasteiger partial charge in [0.05, 0.1) is 6.04 Å². The van der Waals surface area contributed by atoms with Crippen LogP contribution in [-0.4, -0.2) is 21.5 Å². The lowest BCUT2D eigenvalue weighted by Gasteiger charge is -2.23. The molecule has 0 radical (unpaired) electrons. The molecule has 1 heterocycles. The molecule has 0 aromatic rings. The van der Waals surface area contributed by atoms with Crippen LogP contribution in [0.2, 0.25) is 0 Å². The molecule has 0 aromatic carbocycles. The van der Waals surface area contributed by atoms with Crippen LogP contribution in [0.15, 0.2) is 0 Å². The Hall–Kier alpha value is 0.360. The monoisotopic (exact) mass is 341 g/mol. The van der Waals surface area contributed by atoms with Crippen molar-refractivity contribution in [2.75, 3.05) is 6.54 Å². The molecule has 0 bridgehead atoms. The predicted octanol–water partition coefficient (Wildman–Crippen LogP) is 4.32. The van der Waals surface area contributed by atoms with E-state index in [9.17, 15) is 4.79 Å². The van der Waals surface area contributed by atoms with Crippen molar-refractivity contribution in [3.05, 3.63) is 0 Å². The topological polar surface area (TPSA) is 20.3 Å². The first-order valence-electron chi connectivity index (χ1n) is 6.47. The van der Waals surface area contributed by atoms with Crippen molar-refractivity contribution in [1.82, 2.24) is 3.11 Å². The molecule has 2 unspecified atom stereocenters. The Morgan fingerprint density at radius 1 is 1.25 bits per heavy atom. The zero-order chi connectivity index (χ0) is 13.3. The summed E-state index contributed by atoms with van der Waals surface area (Å²) in [7, 11) is 0. The standard InChI is InChI=1S/C9H16INO.2C2H6/c1-6(2)8-4-5-11(10)9(8)7(3)12;2*1-2/h6,8-9H,4-5H2,1-3H3;2*1-2H3. The first-order chi connectivity index (χ1) is 7.54. The highest BCUT2D eigenvalue weighted by atomic mass is 127. The zero-order valence-electron chi connectivity index (χ0n) is 11.9. The molecule has 1 rings (SSSR count). The van der Waals surface area contributed by atoms with E-state index in [0.29, 0.717) is 17.6 Å². The van der Waals surface area contributed by atoms with Crippen molar-refractivity contribution in [1.29, 1.82) is 0 Å². The van der Waals surface area contributed by atoms with Gasteiger partial charge in [-0.05, 0) is 25.2 Å². The van der Waals surface area contributed by atoms with Gasteiger partial charge < -0.3 is 0 Å². The minimum atomic E-state index is 0.172. The van der Waals surface area contributed by atoms with E-state index in [-0.39, 0.29) is 6.04 Å². The van der Waals surface area contributed by atoms with Gasteiger partial charge in [0.15, 0.2) is 0 Å². The second-order valence-electron chi connectivity index (χ2n) is 3.88. The average Bonchev–Trinajstić information content (AvgIpc) is 2.66. The Morgan fingerprint density at radius 3 is 1.94 bits per heavy atom. The molecular formula is C13H28INO. The Kier molecular flexibility index (Phi) is 12.3. The zero-order valence-corrected chi connectivity index (χ0v) is 14.0. The maximum Gasteiger partial charge on any atom is 0.147 e. The molecule has 0 aromatic heterocycles. The quantitative estimate of drug-likeness (QED) is 0.551. The highest BCUT2D eigenvalue weighted by molar-refractivity contribution is 14.1. The number of halogens is 1. The summed E-state index contributed by atoms with van der Waals surface area (Å²) in [5.41, 5.74) is 0. The van der Waals surface area contributed by atoms with Crippen molar-refractivity contribution in [3.8, 4) is 0 Å². The van der Waals surface area contributed by atoms with E-state index in [1.54, 1.807) is 6.92 Å². The van der Waals surface area contributed by atoms with Crippen LogP contribution in [0.1, 0.15) is 54.9 Å². The molecule has 1 saturated heterocycles. The van der Waals surface area contributed by atoms with Crippen LogP contribution >= 0.6 is 22.9 Å². The van der Waals surface area contributed by atoms with Crippen LogP contribution in [0.25, 0.3) is 0 Å². The average molecular weight is 341 g/mol. The lowest BCUT2D eigenvalue weighted by Crippen LogP contribution is -2.34. The summed E-state index contributed by atoms with van der Waals surface area (Å²) >= 11 is 2.27. The van der Waals surface area contributed by atoms with E-state index in [0.717, 1.165) is 6.54 Å². The number of Topliss-reactive ketones (excluding diaryl/α,β-unsaturated/α-hetero) is 1. The first kappa shape index (κ1) is 18.7. The van der Waals surface area contributed by atoms with Crippen LogP contribution < -0.4 is 0 Å². The Morgan fingerprint density at radius 2 is 1.69 bits per heavy atom. The molecule has 1 aliphatic heterocycles. The summed E-state index contributed by atoms with van der Waals surface area (Å²) in [6.07, 6.45) is 1.17. The maximum absolute atomic E-state index is 11.3. The van der Waals surface area contributed by atoms with Gasteiger partial charge in [-0.25, -0.2) is 3.11 Å². The van der Waals surface area contributed by atoms with Crippen molar-refractivity contribution < 1.29 is 4.79 Å². The second kappa shape index (κ2) is 10.5. The van der Waals surface area contributed by atoms with Gasteiger partial charge in [-0.1, -0.05) is 41.5 Å². The molecule has 16 heavy (non-hydrogen) atoms. The minimum Gasteiger partial charge on any atom is -0.298 e. The summed E-state index contributed by atoms with van der Waals surface area (Å²) < 4.78 is 2.16. The summed E-state index contributed by atoms with van der Waals surface area (Å²) in [4.78, 5) is 11.3. The number of rotatable bonds is 2. The smallest absolute Gasteiger partial charge is 0.147 e. The number of ketones is 1. The normalized spacial score (nSPS) is 24.3. The predicted molar refractivity (Wildman–Crippen MR) is 80.8 cm³/mol. The van der Waals surface area contributed by atoms with Gasteiger partial charge in [0.2, 0.25) is 0 Å². The molecule has 0 aliphatic carbocycles. The van der Waals surface area contributed by atoms with Crippen molar-refractivity contribution in [2.24, 2.45) is 11.8 Å². The maximum atomic E-state index is 11.3. The van der Waals surface area contributed by atoms with Crippen LogP contribution in [0.3, 0.4) is 0 Å². The largest absolute Gasteiger partial charge is 0.298 e. The van der Waals surface area contributed by atoms with Crippen molar-refractivity contribution in [2.45, 2.75) is 60.9 Å². The molecule has 1 fully saturated rings. The van der Waals surface area contributed by atoms with E-state index in [1.807, 2.05) is 27.7 Å².